The Bertz CT molecular complexity index is 415. The average Bonchev–Trinajstić information content (AvgIpc) is 2.41. The van der Waals surface area contributed by atoms with E-state index >= 15 is 0 Å². The smallest absolute Gasteiger partial charge is 0.120 e. The van der Waals surface area contributed by atoms with Crippen molar-refractivity contribution in [2.45, 2.75) is 50.6 Å². The molecule has 0 aromatic heterocycles. The summed E-state index contributed by atoms with van der Waals surface area (Å²) >= 11 is 3.80. The minimum atomic E-state index is 0.289. The van der Waals surface area contributed by atoms with Gasteiger partial charge in [0.15, 0.2) is 0 Å². The van der Waals surface area contributed by atoms with E-state index in [0.717, 1.165) is 30.6 Å². The Hall–Kier alpha value is -0.540. The molecule has 0 N–H and O–H groups in total. The Balaban J connectivity index is 2.07. The summed E-state index contributed by atoms with van der Waals surface area (Å²) in [5.74, 6) is 0.963. The number of hydrogen-bond donors (Lipinski definition) is 0. The molecule has 106 valence electrons. The quantitative estimate of drug-likeness (QED) is 0.714. The Morgan fingerprint density at radius 2 is 2.05 bits per heavy atom. The molecule has 1 aromatic rings. The van der Waals surface area contributed by atoms with Gasteiger partial charge >= 0.3 is 0 Å². The monoisotopic (exact) mass is 326 g/mol. The molecule has 0 bridgehead atoms. The molecule has 1 aromatic carbocycles. The molecule has 2 unspecified atom stereocenters. The largest absolute Gasteiger partial charge is 0.490 e. The zero-order valence-electron chi connectivity index (χ0n) is 12.0. The molecule has 0 heterocycles. The van der Waals surface area contributed by atoms with Crippen molar-refractivity contribution in [2.75, 3.05) is 7.11 Å². The molecule has 2 rings (SSSR count). The van der Waals surface area contributed by atoms with Gasteiger partial charge in [0.1, 0.15) is 11.9 Å². The molecular weight excluding hydrogens is 304 g/mol. The fraction of sp³-hybridized carbons (Fsp3) is 0.625. The van der Waals surface area contributed by atoms with Crippen molar-refractivity contribution in [3.8, 4) is 5.75 Å². The summed E-state index contributed by atoms with van der Waals surface area (Å²) in [5, 5.41) is 0. The van der Waals surface area contributed by atoms with Crippen LogP contribution in [-0.4, -0.2) is 18.0 Å². The van der Waals surface area contributed by atoms with E-state index in [1.165, 1.54) is 0 Å². The van der Waals surface area contributed by atoms with Gasteiger partial charge in [-0.25, -0.2) is 0 Å². The summed E-state index contributed by atoms with van der Waals surface area (Å²) in [4.78, 5) is 0.585. The number of ether oxygens (including phenoxy) is 2. The van der Waals surface area contributed by atoms with Crippen LogP contribution in [0.5, 0.6) is 5.75 Å². The Labute approximate surface area is 124 Å². The summed E-state index contributed by atoms with van der Waals surface area (Å²) in [7, 11) is 1.72. The van der Waals surface area contributed by atoms with Crippen LogP contribution in [0.4, 0.5) is 0 Å². The maximum absolute atomic E-state index is 6.22. The van der Waals surface area contributed by atoms with Crippen molar-refractivity contribution in [3.63, 3.8) is 0 Å². The highest BCUT2D eigenvalue weighted by atomic mass is 79.9. The van der Waals surface area contributed by atoms with Gasteiger partial charge in [-0.15, -0.1) is 0 Å². The fourth-order valence-corrected chi connectivity index (χ4v) is 4.33. The molecule has 0 spiro atoms. The molecule has 1 fully saturated rings. The summed E-state index contributed by atoms with van der Waals surface area (Å²) < 4.78 is 11.4. The van der Waals surface area contributed by atoms with Gasteiger partial charge in [-0.1, -0.05) is 41.9 Å². The van der Waals surface area contributed by atoms with Crippen LogP contribution in [-0.2, 0) is 11.3 Å². The van der Waals surface area contributed by atoms with Gasteiger partial charge < -0.3 is 9.47 Å². The first-order chi connectivity index (χ1) is 9.16. The summed E-state index contributed by atoms with van der Waals surface area (Å²) in [5.41, 5.74) is 1.45. The molecule has 0 aliphatic heterocycles. The van der Waals surface area contributed by atoms with Crippen LogP contribution >= 0.6 is 15.9 Å². The molecule has 0 radical (unpaired) electrons. The molecule has 3 heteroatoms. The highest BCUT2D eigenvalue weighted by Gasteiger charge is 2.53. The van der Waals surface area contributed by atoms with Crippen LogP contribution in [0.15, 0.2) is 24.3 Å². The van der Waals surface area contributed by atoms with Crippen LogP contribution in [0, 0.1) is 5.41 Å². The van der Waals surface area contributed by atoms with Gasteiger partial charge in [0, 0.05) is 17.4 Å². The molecule has 0 saturated heterocycles. The van der Waals surface area contributed by atoms with E-state index in [2.05, 4.69) is 41.9 Å². The normalized spacial score (nSPS) is 24.8. The van der Waals surface area contributed by atoms with E-state index in [9.17, 15) is 0 Å². The zero-order chi connectivity index (χ0) is 13.9. The van der Waals surface area contributed by atoms with Crippen molar-refractivity contribution in [3.05, 3.63) is 29.8 Å². The van der Waals surface area contributed by atoms with Gasteiger partial charge in [-0.3, -0.25) is 0 Å². The second-order valence-electron chi connectivity index (χ2n) is 5.33. The molecule has 1 aliphatic rings. The lowest BCUT2D eigenvalue weighted by Gasteiger charge is -2.52. The molecular formula is C16H23BrO2. The lowest BCUT2D eigenvalue weighted by molar-refractivity contribution is -0.0411. The molecule has 19 heavy (non-hydrogen) atoms. The van der Waals surface area contributed by atoms with Gasteiger partial charge in [0.2, 0.25) is 0 Å². The third kappa shape index (κ3) is 2.82. The topological polar surface area (TPSA) is 18.5 Å². The van der Waals surface area contributed by atoms with Gasteiger partial charge in [-0.2, -0.15) is 0 Å². The van der Waals surface area contributed by atoms with E-state index in [1.54, 1.807) is 7.11 Å². The number of benzene rings is 1. The fourth-order valence-electron chi connectivity index (χ4n) is 3.05. The predicted octanol–water partition coefficient (Wildman–Crippen LogP) is 4.55. The van der Waals surface area contributed by atoms with Crippen LogP contribution in [0.3, 0.4) is 0 Å². The van der Waals surface area contributed by atoms with E-state index in [-0.39, 0.29) is 5.41 Å². The van der Waals surface area contributed by atoms with Crippen LogP contribution in [0.25, 0.3) is 0 Å². The Morgan fingerprint density at radius 3 is 2.63 bits per heavy atom. The summed E-state index contributed by atoms with van der Waals surface area (Å²) in [6.07, 6.45) is 3.73. The highest BCUT2D eigenvalue weighted by Crippen LogP contribution is 2.52. The lowest BCUT2D eigenvalue weighted by atomic mass is 9.62. The van der Waals surface area contributed by atoms with E-state index in [4.69, 9.17) is 9.47 Å². The molecule has 2 atom stereocenters. The minimum absolute atomic E-state index is 0.289. The van der Waals surface area contributed by atoms with E-state index in [1.807, 2.05) is 12.1 Å². The van der Waals surface area contributed by atoms with Crippen LogP contribution in [0.1, 0.15) is 38.7 Å². The number of rotatable bonds is 6. The maximum atomic E-state index is 6.22. The zero-order valence-corrected chi connectivity index (χ0v) is 13.6. The average molecular weight is 327 g/mol. The maximum Gasteiger partial charge on any atom is 0.120 e. The molecule has 0 amide bonds. The predicted molar refractivity (Wildman–Crippen MR) is 81.9 cm³/mol. The van der Waals surface area contributed by atoms with Crippen molar-refractivity contribution in [2.24, 2.45) is 5.41 Å². The summed E-state index contributed by atoms with van der Waals surface area (Å²) in [6.45, 7) is 5.15. The SMILES string of the molecule is CCC1(CC)C(Br)CC1Oc1cccc(COC)c1. The standard InChI is InChI=1S/C16H23BrO2/c1-4-16(5-2)14(17)10-15(16)19-13-8-6-7-12(9-13)11-18-3/h6-9,14-15H,4-5,10-11H2,1-3H3. The Morgan fingerprint density at radius 1 is 1.32 bits per heavy atom. The third-order valence-electron chi connectivity index (χ3n) is 4.49. The third-order valence-corrected chi connectivity index (χ3v) is 5.78. The first kappa shape index (κ1) is 14.9. The number of alkyl halides is 1. The van der Waals surface area contributed by atoms with E-state index in [0.29, 0.717) is 17.5 Å². The van der Waals surface area contributed by atoms with Gasteiger partial charge in [-0.05, 0) is 37.0 Å². The summed E-state index contributed by atoms with van der Waals surface area (Å²) in [6, 6.07) is 8.22. The highest BCUT2D eigenvalue weighted by molar-refractivity contribution is 9.09. The number of halogens is 1. The van der Waals surface area contributed by atoms with Gasteiger partial charge in [0.25, 0.3) is 0 Å². The van der Waals surface area contributed by atoms with E-state index < -0.39 is 0 Å². The minimum Gasteiger partial charge on any atom is -0.490 e. The first-order valence-corrected chi connectivity index (χ1v) is 7.96. The van der Waals surface area contributed by atoms with Crippen LogP contribution < -0.4 is 4.74 Å². The lowest BCUT2D eigenvalue weighted by Crippen LogP contribution is -2.56. The molecule has 2 nitrogen and oxygen atoms in total. The van der Waals surface area contributed by atoms with Crippen molar-refractivity contribution in [1.82, 2.24) is 0 Å². The Kier molecular flexibility index (Phi) is 4.91. The van der Waals surface area contributed by atoms with Gasteiger partial charge in [0.05, 0.1) is 6.61 Å². The van der Waals surface area contributed by atoms with Crippen molar-refractivity contribution in [1.29, 1.82) is 0 Å². The number of hydrogen-bond acceptors (Lipinski definition) is 2. The second-order valence-corrected chi connectivity index (χ2v) is 6.44. The molecule has 1 aliphatic carbocycles. The van der Waals surface area contributed by atoms with Crippen molar-refractivity contribution < 1.29 is 9.47 Å². The second kappa shape index (κ2) is 6.27. The molecule has 1 saturated carbocycles. The van der Waals surface area contributed by atoms with Crippen LogP contribution in [0.2, 0.25) is 0 Å². The number of methoxy groups -OCH3 is 1. The first-order valence-electron chi connectivity index (χ1n) is 7.05. The van der Waals surface area contributed by atoms with Crippen molar-refractivity contribution >= 4 is 15.9 Å².